The number of hydrogen-bond donors (Lipinski definition) is 0. The van der Waals surface area contributed by atoms with Gasteiger partial charge in [0.05, 0.1) is 5.41 Å². The van der Waals surface area contributed by atoms with Gasteiger partial charge in [0, 0.05) is 27.8 Å². The van der Waals surface area contributed by atoms with E-state index in [4.69, 9.17) is 19.7 Å². The average molecular weight is 804 g/mol. The molecule has 9 aromatic carbocycles. The van der Waals surface area contributed by atoms with Gasteiger partial charge in [0.15, 0.2) is 17.5 Å². The molecule has 1 aromatic heterocycles. The van der Waals surface area contributed by atoms with E-state index in [1.807, 2.05) is 18.2 Å². The first-order valence-electron chi connectivity index (χ1n) is 21.6. The lowest BCUT2D eigenvalue weighted by Gasteiger charge is -2.39. The number of fused-ring (bicyclic) bond motifs is 9. The van der Waals surface area contributed by atoms with Crippen LogP contribution in [-0.2, 0) is 11.8 Å². The van der Waals surface area contributed by atoms with Gasteiger partial charge in [-0.05, 0) is 115 Å². The SMILES string of the molecule is C1=Cc2cc(-c3nc(-c4ccccc4)nc(-c4cccc(-c5cccc(-c6ccc7c(c6)C6(c8ccccc8O7)c7ccccc7-c7ccccc76)c5)c4)n3)cc3cccc(c23)C1. The molecule has 10 aromatic rings. The first-order chi connectivity index (χ1) is 31.2. The van der Waals surface area contributed by atoms with Crippen LogP contribution in [0.25, 0.3) is 84.4 Å². The minimum atomic E-state index is -0.523. The molecule has 2 heterocycles. The van der Waals surface area contributed by atoms with E-state index in [0.29, 0.717) is 17.5 Å². The molecule has 2 aliphatic carbocycles. The molecule has 0 atom stereocenters. The van der Waals surface area contributed by atoms with Crippen LogP contribution in [0.5, 0.6) is 11.5 Å². The lowest BCUT2D eigenvalue weighted by molar-refractivity contribution is 0.436. The highest BCUT2D eigenvalue weighted by molar-refractivity contribution is 5.98. The van der Waals surface area contributed by atoms with E-state index in [1.54, 1.807) is 0 Å². The molecule has 0 saturated heterocycles. The number of rotatable bonds is 5. The maximum absolute atomic E-state index is 6.72. The molecule has 0 amide bonds. The van der Waals surface area contributed by atoms with Crippen molar-refractivity contribution in [2.24, 2.45) is 0 Å². The van der Waals surface area contributed by atoms with Crippen LogP contribution in [0, 0.1) is 0 Å². The lowest BCUT2D eigenvalue weighted by Crippen LogP contribution is -2.32. The summed E-state index contributed by atoms with van der Waals surface area (Å²) in [5.41, 5.74) is 16.7. The number of ether oxygens (including phenoxy) is 1. The van der Waals surface area contributed by atoms with E-state index in [-0.39, 0.29) is 0 Å². The van der Waals surface area contributed by atoms with Crippen LogP contribution in [-0.4, -0.2) is 15.0 Å². The molecule has 13 rings (SSSR count). The van der Waals surface area contributed by atoms with E-state index < -0.39 is 5.41 Å². The summed E-state index contributed by atoms with van der Waals surface area (Å²) in [6, 6.07) is 71.5. The molecule has 0 unspecified atom stereocenters. The second-order valence-corrected chi connectivity index (χ2v) is 16.7. The molecule has 0 saturated carbocycles. The Morgan fingerprint density at radius 1 is 0.381 bits per heavy atom. The number of hydrogen-bond acceptors (Lipinski definition) is 4. The first kappa shape index (κ1) is 35.5. The summed E-state index contributed by atoms with van der Waals surface area (Å²) < 4.78 is 6.72. The third kappa shape index (κ3) is 5.51. The molecule has 1 spiro atoms. The predicted octanol–water partition coefficient (Wildman–Crippen LogP) is 14.4. The number of para-hydroxylation sites is 1. The zero-order chi connectivity index (χ0) is 41.5. The van der Waals surface area contributed by atoms with E-state index >= 15 is 0 Å². The van der Waals surface area contributed by atoms with E-state index in [2.05, 4.69) is 194 Å². The fourth-order valence-electron chi connectivity index (χ4n) is 10.4. The van der Waals surface area contributed by atoms with Gasteiger partial charge in [-0.3, -0.25) is 0 Å². The summed E-state index contributed by atoms with van der Waals surface area (Å²) in [6.07, 6.45) is 5.40. The van der Waals surface area contributed by atoms with Crippen LogP contribution in [0.15, 0.2) is 206 Å². The van der Waals surface area contributed by atoms with Crippen LogP contribution in [0.4, 0.5) is 0 Å². The van der Waals surface area contributed by atoms with Gasteiger partial charge in [-0.25, -0.2) is 15.0 Å². The maximum atomic E-state index is 6.72. The second-order valence-electron chi connectivity index (χ2n) is 16.7. The fraction of sp³-hybridized carbons (Fsp3) is 0.0339. The summed E-state index contributed by atoms with van der Waals surface area (Å²) in [7, 11) is 0. The Balaban J connectivity index is 0.921. The average Bonchev–Trinajstić information content (AvgIpc) is 3.65. The van der Waals surface area contributed by atoms with Crippen molar-refractivity contribution in [2.45, 2.75) is 11.8 Å². The smallest absolute Gasteiger partial charge is 0.164 e. The topological polar surface area (TPSA) is 47.9 Å². The first-order valence-corrected chi connectivity index (χ1v) is 21.6. The van der Waals surface area contributed by atoms with Gasteiger partial charge < -0.3 is 4.74 Å². The summed E-state index contributed by atoms with van der Waals surface area (Å²) in [4.78, 5) is 15.4. The summed E-state index contributed by atoms with van der Waals surface area (Å²) >= 11 is 0. The van der Waals surface area contributed by atoms with Gasteiger partial charge in [-0.1, -0.05) is 170 Å². The Morgan fingerprint density at radius 3 is 1.68 bits per heavy atom. The lowest BCUT2D eigenvalue weighted by atomic mass is 9.66. The van der Waals surface area contributed by atoms with Crippen LogP contribution < -0.4 is 4.74 Å². The molecular weight excluding hydrogens is 767 g/mol. The number of aromatic nitrogens is 3. The molecule has 4 heteroatoms. The normalized spacial score (nSPS) is 13.5. The van der Waals surface area contributed by atoms with Crippen molar-refractivity contribution in [3.05, 3.63) is 240 Å². The zero-order valence-electron chi connectivity index (χ0n) is 34.2. The molecular formula is C59H37N3O. The van der Waals surface area contributed by atoms with Gasteiger partial charge >= 0.3 is 0 Å². The third-order valence-electron chi connectivity index (χ3n) is 13.2. The molecule has 0 radical (unpaired) electrons. The Morgan fingerprint density at radius 2 is 0.937 bits per heavy atom. The van der Waals surface area contributed by atoms with Crippen molar-refractivity contribution in [1.82, 2.24) is 15.0 Å². The van der Waals surface area contributed by atoms with Crippen molar-refractivity contribution in [2.75, 3.05) is 0 Å². The molecule has 0 fully saturated rings. The standard InChI is InChI=1S/C59H37N3O/c1-2-14-38(15-3-1)56-60-57(62-58(61-56)46-34-43-21-10-16-37-17-11-22-44(35-46)55(37)43)45-23-13-20-41(33-45)39-18-12-19-40(32-39)42-30-31-54-52(36-42)59(51-28-8-9-29-53(51)63-54)49-26-6-4-24-47(49)48-25-5-7-27-50(48)59/h1-16,18-36H,17H2. The summed E-state index contributed by atoms with van der Waals surface area (Å²) in [5, 5.41) is 2.50. The Kier molecular flexibility index (Phi) is 7.85. The van der Waals surface area contributed by atoms with Gasteiger partial charge in [0.2, 0.25) is 0 Å². The van der Waals surface area contributed by atoms with Crippen molar-refractivity contribution < 1.29 is 4.74 Å². The molecule has 4 nitrogen and oxygen atoms in total. The molecule has 1 aliphatic heterocycles. The third-order valence-corrected chi connectivity index (χ3v) is 13.2. The minimum Gasteiger partial charge on any atom is -0.457 e. The minimum absolute atomic E-state index is 0.523. The van der Waals surface area contributed by atoms with E-state index in [9.17, 15) is 0 Å². The van der Waals surface area contributed by atoms with Crippen LogP contribution in [0.1, 0.15) is 33.4 Å². The van der Waals surface area contributed by atoms with Crippen LogP contribution in [0.3, 0.4) is 0 Å². The number of nitrogens with zero attached hydrogens (tertiary/aromatic N) is 3. The van der Waals surface area contributed by atoms with Gasteiger partial charge in [-0.15, -0.1) is 0 Å². The largest absolute Gasteiger partial charge is 0.457 e. The van der Waals surface area contributed by atoms with Crippen molar-refractivity contribution >= 4 is 16.8 Å². The number of allylic oxidation sites excluding steroid dienone is 1. The summed E-state index contributed by atoms with van der Waals surface area (Å²) in [6.45, 7) is 0. The Labute approximate surface area is 365 Å². The maximum Gasteiger partial charge on any atom is 0.164 e. The van der Waals surface area contributed by atoms with E-state index in [0.717, 1.165) is 68.0 Å². The quantitative estimate of drug-likeness (QED) is 0.174. The highest BCUT2D eigenvalue weighted by Gasteiger charge is 2.51. The fourth-order valence-corrected chi connectivity index (χ4v) is 10.4. The molecule has 0 N–H and O–H groups in total. The second kappa shape index (κ2) is 13.9. The molecule has 63 heavy (non-hydrogen) atoms. The van der Waals surface area contributed by atoms with E-state index in [1.165, 1.54) is 44.2 Å². The Hall–Kier alpha value is -8.21. The van der Waals surface area contributed by atoms with Crippen LogP contribution >= 0.6 is 0 Å². The molecule has 294 valence electrons. The molecule has 3 aliphatic rings. The Bertz CT molecular complexity index is 3490. The molecule has 0 bridgehead atoms. The van der Waals surface area contributed by atoms with Crippen molar-refractivity contribution in [3.63, 3.8) is 0 Å². The number of benzene rings is 9. The van der Waals surface area contributed by atoms with Gasteiger partial charge in [0.25, 0.3) is 0 Å². The predicted molar refractivity (Wildman–Crippen MR) is 255 cm³/mol. The van der Waals surface area contributed by atoms with Crippen molar-refractivity contribution in [1.29, 1.82) is 0 Å². The highest BCUT2D eigenvalue weighted by Crippen LogP contribution is 2.62. The van der Waals surface area contributed by atoms with Crippen molar-refractivity contribution in [3.8, 4) is 79.0 Å². The summed E-state index contributed by atoms with van der Waals surface area (Å²) in [5.74, 6) is 3.70. The van der Waals surface area contributed by atoms with Crippen LogP contribution in [0.2, 0.25) is 0 Å². The highest BCUT2D eigenvalue weighted by atomic mass is 16.5. The zero-order valence-corrected chi connectivity index (χ0v) is 34.2. The van der Waals surface area contributed by atoms with Gasteiger partial charge in [0.1, 0.15) is 11.5 Å². The monoisotopic (exact) mass is 803 g/mol. The van der Waals surface area contributed by atoms with Gasteiger partial charge in [-0.2, -0.15) is 0 Å².